The molecule has 0 saturated heterocycles. The minimum Gasteiger partial charge on any atom is -0.228 e. The van der Waals surface area contributed by atoms with E-state index in [1.54, 1.807) is 0 Å². The fourth-order valence-electron chi connectivity index (χ4n) is 8.12. The quantitative estimate of drug-likeness (QED) is 0.134. The predicted molar refractivity (Wildman–Crippen MR) is 211 cm³/mol. The fourth-order valence-corrected chi connectivity index (χ4v) is 8.12. The second-order valence-corrected chi connectivity index (χ2v) is 13.0. The molecule has 1 unspecified atom stereocenters. The van der Waals surface area contributed by atoms with Gasteiger partial charge in [0.05, 0.1) is 11.2 Å². The van der Waals surface area contributed by atoms with E-state index in [9.17, 15) is 0 Å². The lowest BCUT2D eigenvalue weighted by atomic mass is 9.69. The molecular formula is C48H34N2. The van der Waals surface area contributed by atoms with Crippen LogP contribution in [0.4, 0.5) is 0 Å². The minimum absolute atomic E-state index is 0.423. The van der Waals surface area contributed by atoms with Crippen LogP contribution in [0.1, 0.15) is 29.2 Å². The van der Waals surface area contributed by atoms with Crippen LogP contribution in [-0.4, -0.2) is 9.97 Å². The first-order valence-electron chi connectivity index (χ1n) is 17.1. The molecule has 1 aliphatic carbocycles. The van der Waals surface area contributed by atoms with Gasteiger partial charge in [-0.3, -0.25) is 0 Å². The summed E-state index contributed by atoms with van der Waals surface area (Å²) in [7, 11) is 0. The summed E-state index contributed by atoms with van der Waals surface area (Å²) in [4.78, 5) is 10.4. The van der Waals surface area contributed by atoms with Crippen molar-refractivity contribution in [2.24, 2.45) is 0 Å². The molecule has 7 aromatic carbocycles. The zero-order valence-electron chi connectivity index (χ0n) is 27.8. The van der Waals surface area contributed by atoms with E-state index < -0.39 is 5.41 Å². The smallest absolute Gasteiger partial charge is 0.160 e. The number of nitrogens with zero attached hydrogens (tertiary/aromatic N) is 2. The summed E-state index contributed by atoms with van der Waals surface area (Å²) in [6, 6.07) is 56.3. The number of fused-ring (bicyclic) bond motifs is 4. The normalized spacial score (nSPS) is 15.7. The van der Waals surface area contributed by atoms with Crippen LogP contribution in [0.25, 0.3) is 66.2 Å². The van der Waals surface area contributed by atoms with Crippen LogP contribution < -0.4 is 0 Å². The van der Waals surface area contributed by atoms with Gasteiger partial charge in [-0.05, 0) is 67.9 Å². The van der Waals surface area contributed by atoms with Crippen molar-refractivity contribution in [1.82, 2.24) is 9.97 Å². The molecule has 0 amide bonds. The Kier molecular flexibility index (Phi) is 7.10. The molecule has 0 fully saturated rings. The first kappa shape index (κ1) is 29.7. The third kappa shape index (κ3) is 4.49. The molecule has 236 valence electrons. The van der Waals surface area contributed by atoms with Gasteiger partial charge in [-0.15, -0.1) is 0 Å². The molecule has 8 aromatic rings. The van der Waals surface area contributed by atoms with Gasteiger partial charge in [0.1, 0.15) is 0 Å². The highest BCUT2D eigenvalue weighted by Gasteiger charge is 2.43. The average Bonchev–Trinajstić information content (AvgIpc) is 3.44. The molecule has 1 aromatic heterocycles. The Bertz CT molecular complexity index is 2610. The summed E-state index contributed by atoms with van der Waals surface area (Å²) < 4.78 is 0. The average molecular weight is 639 g/mol. The number of allylic oxidation sites excluding steroid dienone is 5. The summed E-state index contributed by atoms with van der Waals surface area (Å²) in [5.74, 6) is 0.721. The molecule has 0 bridgehead atoms. The number of rotatable bonds is 6. The number of para-hydroxylation sites is 1. The Morgan fingerprint density at radius 1 is 0.540 bits per heavy atom. The Morgan fingerprint density at radius 2 is 1.08 bits per heavy atom. The van der Waals surface area contributed by atoms with Crippen molar-refractivity contribution in [1.29, 1.82) is 0 Å². The first-order valence-corrected chi connectivity index (χ1v) is 17.1. The molecule has 1 aliphatic rings. The summed E-state index contributed by atoms with van der Waals surface area (Å²) >= 11 is 0. The standard InChI is InChI=1S/C48H34N2/c1-3-4-23-39-34-24-15-17-30-41(34)48(2,33-21-9-6-10-22-33)45(39)43-35-25-11-13-27-37(35)44(38-28-14-12-26-36(38)43)46-40-29-16-18-31-42(40)49-47(50-46)32-19-7-5-8-20-32/h3-31H,1H2,2H3/b23-4-. The van der Waals surface area contributed by atoms with Crippen LogP contribution in [0.15, 0.2) is 183 Å². The molecule has 0 aliphatic heterocycles. The molecule has 0 saturated carbocycles. The largest absolute Gasteiger partial charge is 0.228 e. The van der Waals surface area contributed by atoms with Gasteiger partial charge >= 0.3 is 0 Å². The van der Waals surface area contributed by atoms with Crippen molar-refractivity contribution in [3.05, 3.63) is 205 Å². The lowest BCUT2D eigenvalue weighted by Crippen LogP contribution is -2.23. The maximum atomic E-state index is 5.39. The van der Waals surface area contributed by atoms with Crippen LogP contribution in [0, 0.1) is 0 Å². The van der Waals surface area contributed by atoms with Gasteiger partial charge in [0.2, 0.25) is 0 Å². The maximum absolute atomic E-state index is 5.39. The van der Waals surface area contributed by atoms with Gasteiger partial charge in [0, 0.05) is 21.9 Å². The van der Waals surface area contributed by atoms with Crippen molar-refractivity contribution in [2.75, 3.05) is 0 Å². The van der Waals surface area contributed by atoms with E-state index in [0.717, 1.165) is 44.3 Å². The van der Waals surface area contributed by atoms with E-state index in [2.05, 4.69) is 165 Å². The van der Waals surface area contributed by atoms with Crippen LogP contribution >= 0.6 is 0 Å². The number of hydrogen-bond acceptors (Lipinski definition) is 2. The lowest BCUT2D eigenvalue weighted by Gasteiger charge is -2.33. The van der Waals surface area contributed by atoms with Gasteiger partial charge in [-0.25, -0.2) is 9.97 Å². The fraction of sp³-hybridized carbons (Fsp3) is 0.0417. The molecule has 9 rings (SSSR count). The molecule has 2 heteroatoms. The van der Waals surface area contributed by atoms with Crippen molar-refractivity contribution in [3.8, 4) is 22.6 Å². The van der Waals surface area contributed by atoms with Gasteiger partial charge in [0.25, 0.3) is 0 Å². The second kappa shape index (κ2) is 11.9. The third-order valence-electron chi connectivity index (χ3n) is 10.3. The molecular weight excluding hydrogens is 605 g/mol. The molecule has 1 heterocycles. The second-order valence-electron chi connectivity index (χ2n) is 13.0. The zero-order chi connectivity index (χ0) is 33.7. The van der Waals surface area contributed by atoms with Gasteiger partial charge in [-0.2, -0.15) is 0 Å². The van der Waals surface area contributed by atoms with Crippen molar-refractivity contribution >= 4 is 43.6 Å². The van der Waals surface area contributed by atoms with E-state index in [-0.39, 0.29) is 0 Å². The molecule has 2 nitrogen and oxygen atoms in total. The minimum atomic E-state index is -0.423. The molecule has 1 atom stereocenters. The monoisotopic (exact) mass is 638 g/mol. The summed E-state index contributed by atoms with van der Waals surface area (Å²) in [6.45, 7) is 6.44. The van der Waals surface area contributed by atoms with Gasteiger partial charge in [-0.1, -0.05) is 176 Å². The van der Waals surface area contributed by atoms with E-state index in [0.29, 0.717) is 0 Å². The van der Waals surface area contributed by atoms with Crippen molar-refractivity contribution in [3.63, 3.8) is 0 Å². The number of hydrogen-bond donors (Lipinski definition) is 0. The third-order valence-corrected chi connectivity index (χ3v) is 10.3. The Morgan fingerprint density at radius 3 is 1.74 bits per heavy atom. The van der Waals surface area contributed by atoms with Crippen molar-refractivity contribution in [2.45, 2.75) is 12.3 Å². The lowest BCUT2D eigenvalue weighted by molar-refractivity contribution is 0.760. The van der Waals surface area contributed by atoms with Crippen LogP contribution in [0.5, 0.6) is 0 Å². The van der Waals surface area contributed by atoms with E-state index >= 15 is 0 Å². The van der Waals surface area contributed by atoms with E-state index in [1.165, 1.54) is 44.2 Å². The molecule has 0 spiro atoms. The van der Waals surface area contributed by atoms with Crippen LogP contribution in [0.2, 0.25) is 0 Å². The molecule has 0 N–H and O–H groups in total. The highest BCUT2D eigenvalue weighted by atomic mass is 14.9. The Balaban J connectivity index is 1.45. The van der Waals surface area contributed by atoms with Gasteiger partial charge < -0.3 is 0 Å². The zero-order valence-corrected chi connectivity index (χ0v) is 27.8. The summed E-state index contributed by atoms with van der Waals surface area (Å²) in [5, 5.41) is 5.75. The SMILES string of the molecule is C=C/C=C\C1=C(c2c3ccccc3c(-c3nc(-c4ccccc4)nc4ccccc34)c3ccccc23)C(C)(c2ccccc2)c2ccccc21. The van der Waals surface area contributed by atoms with Crippen LogP contribution in [-0.2, 0) is 5.41 Å². The molecule has 50 heavy (non-hydrogen) atoms. The van der Waals surface area contributed by atoms with Crippen molar-refractivity contribution < 1.29 is 0 Å². The number of benzene rings is 7. The van der Waals surface area contributed by atoms with Crippen LogP contribution in [0.3, 0.4) is 0 Å². The molecule has 0 radical (unpaired) electrons. The Labute approximate surface area is 292 Å². The Hall–Kier alpha value is -6.38. The van der Waals surface area contributed by atoms with E-state index in [4.69, 9.17) is 9.97 Å². The summed E-state index contributed by atoms with van der Waals surface area (Å²) in [5.41, 5.74) is 11.1. The first-order chi connectivity index (χ1) is 24.7. The number of aromatic nitrogens is 2. The predicted octanol–water partition coefficient (Wildman–Crippen LogP) is 12.2. The highest BCUT2D eigenvalue weighted by molar-refractivity contribution is 6.24. The van der Waals surface area contributed by atoms with Gasteiger partial charge in [0.15, 0.2) is 5.82 Å². The highest BCUT2D eigenvalue weighted by Crippen LogP contribution is 2.58. The topological polar surface area (TPSA) is 25.8 Å². The van der Waals surface area contributed by atoms with E-state index in [1.807, 2.05) is 24.3 Å². The maximum Gasteiger partial charge on any atom is 0.160 e. The summed E-state index contributed by atoms with van der Waals surface area (Å²) in [6.07, 6.45) is 6.19.